The molecule has 0 bridgehead atoms. The Kier molecular flexibility index (Phi) is 4.35. The lowest BCUT2D eigenvalue weighted by Gasteiger charge is -2.38. The van der Waals surface area contributed by atoms with Gasteiger partial charge in [0.15, 0.2) is 5.76 Å². The highest BCUT2D eigenvalue weighted by molar-refractivity contribution is 6.33. The third-order valence-corrected chi connectivity index (χ3v) is 4.87. The van der Waals surface area contributed by atoms with Crippen LogP contribution in [0.5, 0.6) is 0 Å². The van der Waals surface area contributed by atoms with Crippen LogP contribution in [0.1, 0.15) is 43.7 Å². The lowest BCUT2D eigenvalue weighted by Crippen LogP contribution is -2.47. The van der Waals surface area contributed by atoms with Crippen molar-refractivity contribution in [2.24, 2.45) is 0 Å². The molecule has 1 fully saturated rings. The molecule has 0 saturated carbocycles. The Morgan fingerprint density at radius 2 is 1.91 bits per heavy atom. The van der Waals surface area contributed by atoms with E-state index in [1.165, 1.54) is 6.42 Å². The summed E-state index contributed by atoms with van der Waals surface area (Å²) in [7, 11) is 0. The standard InChI is InChI=1S/C18H21ClN2O2/c1-11-4-3-5-12(2)21(11)18(22)17-9-8-16(23-17)13-6-7-14(19)15(20)10-13/h6-12H,3-5,20H2,1-2H3. The molecule has 1 aromatic carbocycles. The molecule has 122 valence electrons. The van der Waals surface area contributed by atoms with Gasteiger partial charge in [-0.25, -0.2) is 0 Å². The topological polar surface area (TPSA) is 59.5 Å². The summed E-state index contributed by atoms with van der Waals surface area (Å²) in [6, 6.07) is 9.33. The van der Waals surface area contributed by atoms with Gasteiger partial charge in [0.1, 0.15) is 5.76 Å². The maximum absolute atomic E-state index is 12.8. The molecule has 23 heavy (non-hydrogen) atoms. The van der Waals surface area contributed by atoms with Crippen LogP contribution in [0.2, 0.25) is 5.02 Å². The fourth-order valence-corrected chi connectivity index (χ4v) is 3.37. The monoisotopic (exact) mass is 332 g/mol. The average Bonchev–Trinajstić information content (AvgIpc) is 2.99. The van der Waals surface area contributed by atoms with E-state index in [-0.39, 0.29) is 18.0 Å². The van der Waals surface area contributed by atoms with Crippen LogP contribution in [0.4, 0.5) is 5.69 Å². The number of nitrogens with two attached hydrogens (primary N) is 1. The first-order valence-corrected chi connectivity index (χ1v) is 8.33. The summed E-state index contributed by atoms with van der Waals surface area (Å²) < 4.78 is 5.79. The van der Waals surface area contributed by atoms with Crippen molar-refractivity contribution in [1.29, 1.82) is 0 Å². The van der Waals surface area contributed by atoms with Gasteiger partial charge in [-0.15, -0.1) is 0 Å². The van der Waals surface area contributed by atoms with Gasteiger partial charge in [-0.2, -0.15) is 0 Å². The Morgan fingerprint density at radius 1 is 1.22 bits per heavy atom. The first-order chi connectivity index (χ1) is 11.0. The molecule has 2 unspecified atom stereocenters. The summed E-state index contributed by atoms with van der Waals surface area (Å²) in [5.74, 6) is 0.945. The Hall–Kier alpha value is -1.94. The van der Waals surface area contributed by atoms with Crippen molar-refractivity contribution in [2.75, 3.05) is 5.73 Å². The normalized spacial score (nSPS) is 21.4. The molecule has 5 heteroatoms. The number of hydrogen-bond acceptors (Lipinski definition) is 3. The Bertz CT molecular complexity index is 716. The van der Waals surface area contributed by atoms with E-state index < -0.39 is 0 Å². The van der Waals surface area contributed by atoms with E-state index >= 15 is 0 Å². The Labute approximate surface area is 141 Å². The molecule has 1 aromatic heterocycles. The number of likely N-dealkylation sites (tertiary alicyclic amines) is 1. The zero-order valence-corrected chi connectivity index (χ0v) is 14.1. The number of benzene rings is 1. The fraction of sp³-hybridized carbons (Fsp3) is 0.389. The van der Waals surface area contributed by atoms with Gasteiger partial charge in [-0.1, -0.05) is 11.6 Å². The summed E-state index contributed by atoms with van der Waals surface area (Å²) in [5.41, 5.74) is 7.13. The van der Waals surface area contributed by atoms with Crippen molar-refractivity contribution >= 4 is 23.2 Å². The molecule has 2 aromatic rings. The summed E-state index contributed by atoms with van der Waals surface area (Å²) in [5, 5.41) is 0.507. The van der Waals surface area contributed by atoms with E-state index in [1.54, 1.807) is 24.3 Å². The minimum Gasteiger partial charge on any atom is -0.451 e. The van der Waals surface area contributed by atoms with E-state index in [9.17, 15) is 4.79 Å². The summed E-state index contributed by atoms with van der Waals surface area (Å²) in [6.07, 6.45) is 3.24. The molecule has 4 nitrogen and oxygen atoms in total. The van der Waals surface area contributed by atoms with E-state index in [2.05, 4.69) is 13.8 Å². The molecular weight excluding hydrogens is 312 g/mol. The largest absolute Gasteiger partial charge is 0.451 e. The highest BCUT2D eigenvalue weighted by Crippen LogP contribution is 2.30. The van der Waals surface area contributed by atoms with Gasteiger partial charge in [0.2, 0.25) is 0 Å². The number of nitrogens with zero attached hydrogens (tertiary/aromatic N) is 1. The van der Waals surface area contributed by atoms with Gasteiger partial charge in [-0.3, -0.25) is 4.79 Å². The second-order valence-corrected chi connectivity index (χ2v) is 6.65. The predicted octanol–water partition coefficient (Wildman–Crippen LogP) is 4.59. The van der Waals surface area contributed by atoms with Crippen LogP contribution in [0.25, 0.3) is 11.3 Å². The summed E-state index contributed by atoms with van der Waals surface area (Å²) >= 11 is 5.94. The number of carbonyl (C=O) groups excluding carboxylic acids is 1. The highest BCUT2D eigenvalue weighted by atomic mass is 35.5. The van der Waals surface area contributed by atoms with E-state index in [1.807, 2.05) is 11.0 Å². The molecular formula is C18H21ClN2O2. The Balaban J connectivity index is 1.86. The predicted molar refractivity (Wildman–Crippen MR) is 92.5 cm³/mol. The maximum Gasteiger partial charge on any atom is 0.290 e. The molecule has 2 heterocycles. The molecule has 1 saturated heterocycles. The maximum atomic E-state index is 12.8. The quantitative estimate of drug-likeness (QED) is 0.818. The SMILES string of the molecule is CC1CCCC(C)N1C(=O)c1ccc(-c2ccc(Cl)c(N)c2)o1. The van der Waals surface area contributed by atoms with E-state index in [4.69, 9.17) is 21.8 Å². The van der Waals surface area contributed by atoms with Gasteiger partial charge >= 0.3 is 0 Å². The zero-order chi connectivity index (χ0) is 16.6. The first kappa shape index (κ1) is 15.9. The minimum absolute atomic E-state index is 0.0436. The third-order valence-electron chi connectivity index (χ3n) is 4.53. The van der Waals surface area contributed by atoms with Crippen LogP contribution >= 0.6 is 11.6 Å². The third kappa shape index (κ3) is 3.08. The average molecular weight is 333 g/mol. The van der Waals surface area contributed by atoms with Crippen LogP contribution in [-0.2, 0) is 0 Å². The molecule has 2 N–H and O–H groups in total. The van der Waals surface area contributed by atoms with Crippen molar-refractivity contribution in [3.8, 4) is 11.3 Å². The van der Waals surface area contributed by atoms with Crippen molar-refractivity contribution in [3.63, 3.8) is 0 Å². The van der Waals surface area contributed by atoms with Crippen molar-refractivity contribution in [1.82, 2.24) is 4.90 Å². The summed E-state index contributed by atoms with van der Waals surface area (Å²) in [6.45, 7) is 4.19. The lowest BCUT2D eigenvalue weighted by molar-refractivity contribution is 0.0479. The smallest absolute Gasteiger partial charge is 0.290 e. The zero-order valence-electron chi connectivity index (χ0n) is 13.4. The number of piperidine rings is 1. The molecule has 3 rings (SSSR count). The highest BCUT2D eigenvalue weighted by Gasteiger charge is 2.31. The van der Waals surface area contributed by atoms with Gasteiger partial charge in [0, 0.05) is 17.6 Å². The van der Waals surface area contributed by atoms with Gasteiger partial charge in [0.25, 0.3) is 5.91 Å². The summed E-state index contributed by atoms with van der Waals surface area (Å²) in [4.78, 5) is 14.7. The van der Waals surface area contributed by atoms with Crippen molar-refractivity contribution < 1.29 is 9.21 Å². The van der Waals surface area contributed by atoms with E-state index in [0.717, 1.165) is 18.4 Å². The first-order valence-electron chi connectivity index (χ1n) is 7.95. The number of nitrogen functional groups attached to an aromatic ring is 1. The molecule has 1 aliphatic heterocycles. The van der Waals surface area contributed by atoms with Crippen LogP contribution in [-0.4, -0.2) is 22.9 Å². The fourth-order valence-electron chi connectivity index (χ4n) is 3.25. The molecule has 1 aliphatic rings. The van der Waals surface area contributed by atoms with Crippen molar-refractivity contribution in [2.45, 2.75) is 45.2 Å². The minimum atomic E-state index is -0.0436. The van der Waals surface area contributed by atoms with Crippen LogP contribution in [0.3, 0.4) is 0 Å². The number of carbonyl (C=O) groups is 1. The number of halogens is 1. The lowest BCUT2D eigenvalue weighted by atomic mass is 9.97. The molecule has 2 atom stereocenters. The molecule has 0 spiro atoms. The van der Waals surface area contributed by atoms with Gasteiger partial charge in [0.05, 0.1) is 10.7 Å². The molecule has 0 aliphatic carbocycles. The molecule has 1 amide bonds. The van der Waals surface area contributed by atoms with Crippen LogP contribution < -0.4 is 5.73 Å². The number of amides is 1. The van der Waals surface area contributed by atoms with Crippen LogP contribution in [0.15, 0.2) is 34.7 Å². The van der Waals surface area contributed by atoms with Crippen molar-refractivity contribution in [3.05, 3.63) is 41.1 Å². The van der Waals surface area contributed by atoms with Gasteiger partial charge < -0.3 is 15.1 Å². The van der Waals surface area contributed by atoms with Gasteiger partial charge in [-0.05, 0) is 63.4 Å². The second-order valence-electron chi connectivity index (χ2n) is 6.24. The number of hydrogen-bond donors (Lipinski definition) is 1. The number of furan rings is 1. The Morgan fingerprint density at radius 3 is 2.57 bits per heavy atom. The second kappa shape index (κ2) is 6.28. The molecule has 0 radical (unpaired) electrons. The number of anilines is 1. The number of rotatable bonds is 2. The van der Waals surface area contributed by atoms with Crippen LogP contribution in [0, 0.1) is 0 Å². The van der Waals surface area contributed by atoms with E-state index in [0.29, 0.717) is 22.2 Å².